The lowest BCUT2D eigenvalue weighted by molar-refractivity contribution is -0.114. The molecule has 0 saturated heterocycles. The number of aromatic nitrogens is 1. The van der Waals surface area contributed by atoms with Gasteiger partial charge in [-0.15, -0.1) is 0 Å². The molecule has 0 bridgehead atoms. The average molecular weight is 282 g/mol. The van der Waals surface area contributed by atoms with E-state index in [4.69, 9.17) is 4.74 Å². The highest BCUT2D eigenvalue weighted by Crippen LogP contribution is 2.40. The summed E-state index contributed by atoms with van der Waals surface area (Å²) in [4.78, 5) is 30.0. The van der Waals surface area contributed by atoms with Gasteiger partial charge in [0.1, 0.15) is 5.75 Å². The van der Waals surface area contributed by atoms with Gasteiger partial charge < -0.3 is 4.74 Å². The number of ether oxygens (including phenoxy) is 1. The Hall–Kier alpha value is -2.69. The van der Waals surface area contributed by atoms with Crippen molar-refractivity contribution >= 4 is 17.4 Å². The number of hydrogen-bond acceptors (Lipinski definition) is 4. The van der Waals surface area contributed by atoms with Crippen molar-refractivity contribution < 1.29 is 14.3 Å². The Morgan fingerprint density at radius 1 is 1.24 bits per heavy atom. The lowest BCUT2D eigenvalue weighted by Gasteiger charge is -2.19. The lowest BCUT2D eigenvalue weighted by atomic mass is 10.0. The molecular formula is C16H14N2O3. The third-order valence-electron chi connectivity index (χ3n) is 3.57. The van der Waals surface area contributed by atoms with Gasteiger partial charge >= 0.3 is 0 Å². The number of ketones is 1. The standard InChI is InChI=1S/C16H14N2O3/c1-10-5-6-12(21-2)14-13(10)15(19)16(20)18(14)9-11-4-3-7-17-8-11/h3-8H,9H2,1-2H3. The van der Waals surface area contributed by atoms with E-state index in [1.54, 1.807) is 30.6 Å². The van der Waals surface area contributed by atoms with E-state index >= 15 is 0 Å². The van der Waals surface area contributed by atoms with Gasteiger partial charge in [0.05, 0.1) is 24.9 Å². The van der Waals surface area contributed by atoms with Crippen LogP contribution in [-0.2, 0) is 11.3 Å². The Morgan fingerprint density at radius 3 is 2.71 bits per heavy atom. The van der Waals surface area contributed by atoms with E-state index < -0.39 is 11.7 Å². The quantitative estimate of drug-likeness (QED) is 0.809. The maximum absolute atomic E-state index is 12.3. The van der Waals surface area contributed by atoms with Gasteiger partial charge in [0.25, 0.3) is 11.7 Å². The molecule has 0 N–H and O–H groups in total. The summed E-state index contributed by atoms with van der Waals surface area (Å²) in [7, 11) is 1.53. The van der Waals surface area contributed by atoms with E-state index in [2.05, 4.69) is 4.98 Å². The summed E-state index contributed by atoms with van der Waals surface area (Å²) < 4.78 is 5.31. The molecule has 2 aromatic rings. The van der Waals surface area contributed by atoms with Crippen molar-refractivity contribution in [3.05, 3.63) is 53.3 Å². The Balaban J connectivity index is 2.11. The number of carbonyl (C=O) groups excluding carboxylic acids is 2. The zero-order valence-corrected chi connectivity index (χ0v) is 11.8. The van der Waals surface area contributed by atoms with E-state index in [1.165, 1.54) is 12.0 Å². The molecule has 0 spiro atoms. The fraction of sp³-hybridized carbons (Fsp3) is 0.188. The number of hydrogen-bond donors (Lipinski definition) is 0. The molecule has 0 aliphatic carbocycles. The first kappa shape index (κ1) is 13.3. The first-order valence-corrected chi connectivity index (χ1v) is 6.56. The first-order valence-electron chi connectivity index (χ1n) is 6.56. The number of methoxy groups -OCH3 is 1. The van der Waals surface area contributed by atoms with Crippen LogP contribution in [0.2, 0.25) is 0 Å². The highest BCUT2D eigenvalue weighted by molar-refractivity contribution is 6.52. The van der Waals surface area contributed by atoms with Crippen LogP contribution in [0.3, 0.4) is 0 Å². The summed E-state index contributed by atoms with van der Waals surface area (Å²) in [6.07, 6.45) is 3.34. The summed E-state index contributed by atoms with van der Waals surface area (Å²) in [5.74, 6) is -0.481. The third kappa shape index (κ3) is 2.07. The molecular weight excluding hydrogens is 268 g/mol. The molecule has 21 heavy (non-hydrogen) atoms. The number of amides is 1. The minimum atomic E-state index is -0.526. The largest absolute Gasteiger partial charge is 0.495 e. The van der Waals surface area contributed by atoms with Crippen LogP contribution < -0.4 is 9.64 Å². The second kappa shape index (κ2) is 5.01. The van der Waals surface area contributed by atoms with Crippen LogP contribution in [0.5, 0.6) is 5.75 Å². The lowest BCUT2D eigenvalue weighted by Crippen LogP contribution is -2.29. The second-order valence-electron chi connectivity index (χ2n) is 4.89. The number of rotatable bonds is 3. The highest BCUT2D eigenvalue weighted by atomic mass is 16.5. The minimum absolute atomic E-state index is 0.297. The summed E-state index contributed by atoms with van der Waals surface area (Å²) in [6, 6.07) is 7.23. The summed E-state index contributed by atoms with van der Waals surface area (Å²) >= 11 is 0. The molecule has 106 valence electrons. The molecule has 0 atom stereocenters. The number of fused-ring (bicyclic) bond motifs is 1. The van der Waals surface area contributed by atoms with E-state index in [0.717, 1.165) is 11.1 Å². The van der Waals surface area contributed by atoms with Gasteiger partial charge in [0, 0.05) is 12.4 Å². The Kier molecular flexibility index (Phi) is 3.17. The van der Waals surface area contributed by atoms with Gasteiger partial charge in [0.15, 0.2) is 0 Å². The molecule has 0 unspecified atom stereocenters. The van der Waals surface area contributed by atoms with Gasteiger partial charge in [0.2, 0.25) is 0 Å². The van der Waals surface area contributed by atoms with Gasteiger partial charge in [-0.05, 0) is 30.2 Å². The fourth-order valence-electron chi connectivity index (χ4n) is 2.55. The van der Waals surface area contributed by atoms with Gasteiger partial charge in [-0.3, -0.25) is 19.5 Å². The molecule has 5 nitrogen and oxygen atoms in total. The highest BCUT2D eigenvalue weighted by Gasteiger charge is 2.39. The Bertz CT molecular complexity index is 726. The molecule has 3 rings (SSSR count). The average Bonchev–Trinajstić information content (AvgIpc) is 2.75. The van der Waals surface area contributed by atoms with Crippen molar-refractivity contribution in [3.8, 4) is 5.75 Å². The van der Waals surface area contributed by atoms with Crippen molar-refractivity contribution in [2.75, 3.05) is 12.0 Å². The van der Waals surface area contributed by atoms with Crippen molar-refractivity contribution in [2.24, 2.45) is 0 Å². The second-order valence-corrected chi connectivity index (χ2v) is 4.89. The molecule has 0 fully saturated rings. The number of anilines is 1. The molecule has 0 radical (unpaired) electrons. The molecule has 2 heterocycles. The van der Waals surface area contributed by atoms with Crippen molar-refractivity contribution in [3.63, 3.8) is 0 Å². The zero-order chi connectivity index (χ0) is 15.0. The Morgan fingerprint density at radius 2 is 2.05 bits per heavy atom. The predicted molar refractivity (Wildman–Crippen MR) is 77.5 cm³/mol. The first-order chi connectivity index (χ1) is 10.1. The molecule has 0 saturated carbocycles. The number of benzene rings is 1. The maximum Gasteiger partial charge on any atom is 0.299 e. The number of Topliss-reactive ketones (excluding diaryl/α,β-unsaturated/α-hetero) is 1. The third-order valence-corrected chi connectivity index (χ3v) is 3.57. The van der Waals surface area contributed by atoms with E-state index in [9.17, 15) is 9.59 Å². The van der Waals surface area contributed by atoms with Gasteiger partial charge in [-0.1, -0.05) is 12.1 Å². The number of nitrogens with zero attached hydrogens (tertiary/aromatic N) is 2. The topological polar surface area (TPSA) is 59.5 Å². The zero-order valence-electron chi connectivity index (χ0n) is 11.8. The van der Waals surface area contributed by atoms with E-state index in [-0.39, 0.29) is 0 Å². The molecule has 1 aromatic heterocycles. The Labute approximate surface area is 122 Å². The van der Waals surface area contributed by atoms with Gasteiger partial charge in [-0.25, -0.2) is 0 Å². The number of pyridine rings is 1. The molecule has 1 aromatic carbocycles. The molecule has 5 heteroatoms. The van der Waals surface area contributed by atoms with Crippen molar-refractivity contribution in [1.82, 2.24) is 4.98 Å². The maximum atomic E-state index is 12.3. The summed E-state index contributed by atoms with van der Waals surface area (Å²) in [6.45, 7) is 2.11. The summed E-state index contributed by atoms with van der Waals surface area (Å²) in [5, 5.41) is 0. The van der Waals surface area contributed by atoms with Crippen LogP contribution in [0.1, 0.15) is 21.5 Å². The smallest absolute Gasteiger partial charge is 0.299 e. The van der Waals surface area contributed by atoms with Crippen LogP contribution in [0, 0.1) is 6.92 Å². The van der Waals surface area contributed by atoms with Crippen molar-refractivity contribution in [2.45, 2.75) is 13.5 Å². The van der Waals surface area contributed by atoms with E-state index in [1.807, 2.05) is 13.0 Å². The number of aryl methyl sites for hydroxylation is 1. The van der Waals surface area contributed by atoms with Gasteiger partial charge in [-0.2, -0.15) is 0 Å². The fourth-order valence-corrected chi connectivity index (χ4v) is 2.55. The van der Waals surface area contributed by atoms with Crippen LogP contribution in [-0.4, -0.2) is 23.8 Å². The predicted octanol–water partition coefficient (Wildman–Crippen LogP) is 2.13. The molecule has 1 aliphatic heterocycles. The molecule has 1 amide bonds. The normalized spacial score (nSPS) is 13.5. The van der Waals surface area contributed by atoms with Crippen molar-refractivity contribution in [1.29, 1.82) is 0 Å². The van der Waals surface area contributed by atoms with Crippen LogP contribution >= 0.6 is 0 Å². The number of carbonyl (C=O) groups is 2. The monoisotopic (exact) mass is 282 g/mol. The van der Waals surface area contributed by atoms with Crippen LogP contribution in [0.4, 0.5) is 5.69 Å². The minimum Gasteiger partial charge on any atom is -0.495 e. The molecule has 1 aliphatic rings. The van der Waals surface area contributed by atoms with E-state index in [0.29, 0.717) is 23.5 Å². The van der Waals surface area contributed by atoms with Crippen LogP contribution in [0.15, 0.2) is 36.7 Å². The summed E-state index contributed by atoms with van der Waals surface area (Å²) in [5.41, 5.74) is 2.62. The SMILES string of the molecule is COc1ccc(C)c2c1N(Cc1cccnc1)C(=O)C2=O. The van der Waals surface area contributed by atoms with Crippen LogP contribution in [0.25, 0.3) is 0 Å².